The number of carboxylic acid groups (broad SMARTS) is 2. The predicted molar refractivity (Wildman–Crippen MR) is 74.1 cm³/mol. The lowest BCUT2D eigenvalue weighted by atomic mass is 10.3. The zero-order valence-electron chi connectivity index (χ0n) is 11.8. The Bertz CT molecular complexity index is 498. The van der Waals surface area contributed by atoms with Gasteiger partial charge in [0.15, 0.2) is 0 Å². The first-order valence-corrected chi connectivity index (χ1v) is 6.26. The predicted octanol–water partition coefficient (Wildman–Crippen LogP) is -2.57. The minimum absolute atomic E-state index is 0.470. The third kappa shape index (κ3) is 13.3. The Kier molecular flexibility index (Phi) is 9.98. The van der Waals surface area contributed by atoms with Crippen LogP contribution in [-0.2, 0) is 9.59 Å². The number of aliphatic carboxylic acids is 2. The highest BCUT2D eigenvalue weighted by Crippen LogP contribution is 1.84. The molecule has 0 saturated carbocycles. The molecule has 6 N–H and O–H groups in total. The van der Waals surface area contributed by atoms with E-state index in [2.05, 4.69) is 9.97 Å². The molecular weight excluding hydrogens is 288 g/mol. The highest BCUT2D eigenvalue weighted by atomic mass is 16.4. The van der Waals surface area contributed by atoms with E-state index in [0.29, 0.717) is 11.6 Å². The molecule has 118 valence electrons. The van der Waals surface area contributed by atoms with Gasteiger partial charge in [-0.25, -0.2) is 9.97 Å². The van der Waals surface area contributed by atoms with Crippen LogP contribution >= 0.6 is 0 Å². The first kappa shape index (κ1) is 18.8. The molecule has 2 heterocycles. The van der Waals surface area contributed by atoms with Crippen LogP contribution in [0.25, 0.3) is 0 Å². The van der Waals surface area contributed by atoms with Crippen LogP contribution in [0, 0.1) is 0 Å². The van der Waals surface area contributed by atoms with Crippen molar-refractivity contribution in [2.75, 3.05) is 11.5 Å². The number of anilines is 2. The van der Waals surface area contributed by atoms with E-state index in [-0.39, 0.29) is 0 Å². The summed E-state index contributed by atoms with van der Waals surface area (Å²) in [5, 5.41) is 19.0. The number of nitrogens with one attached hydrogen (secondary N) is 2. The quantitative estimate of drug-likeness (QED) is 0.633. The summed E-state index contributed by atoms with van der Waals surface area (Å²) in [5.41, 5.74) is 10.6. The second-order valence-electron chi connectivity index (χ2n) is 3.88. The average Bonchev–Trinajstić information content (AvgIpc) is 2.48. The van der Waals surface area contributed by atoms with Crippen molar-refractivity contribution in [2.45, 2.75) is 12.8 Å². The number of H-pyrrole nitrogens is 2. The molecule has 2 rings (SSSR count). The standard InChI is InChI=1S/2C5H6N2.C4H6O4/c2*6-5-3-1-2-4-7-5;5-3(6)1-2-4(7)8/h2*1-4H,(H2,6,7);1-2H2,(H,5,6)(H,7,8). The Labute approximate surface area is 127 Å². The Morgan fingerprint density at radius 1 is 0.818 bits per heavy atom. The number of aromatic nitrogens is 2. The van der Waals surface area contributed by atoms with E-state index in [0.717, 1.165) is 0 Å². The number of aromatic amines is 2. The summed E-state index contributed by atoms with van der Waals surface area (Å²) in [6.07, 6.45) is 2.63. The van der Waals surface area contributed by atoms with Gasteiger partial charge in [0.25, 0.3) is 11.6 Å². The zero-order chi connectivity index (χ0) is 16.8. The van der Waals surface area contributed by atoms with E-state index >= 15 is 0 Å². The van der Waals surface area contributed by atoms with Crippen molar-refractivity contribution in [2.24, 2.45) is 0 Å². The fourth-order valence-electron chi connectivity index (χ4n) is 1.02. The largest absolute Gasteiger partial charge is 0.550 e. The van der Waals surface area contributed by atoms with Crippen molar-refractivity contribution in [3.8, 4) is 0 Å². The molecule has 0 fully saturated rings. The maximum Gasteiger partial charge on any atom is 0.269 e. The summed E-state index contributed by atoms with van der Waals surface area (Å²) in [5.74, 6) is -1.34. The normalized spacial score (nSPS) is 8.55. The lowest BCUT2D eigenvalue weighted by Crippen LogP contribution is -2.27. The minimum Gasteiger partial charge on any atom is -0.550 e. The molecule has 8 nitrogen and oxygen atoms in total. The van der Waals surface area contributed by atoms with E-state index in [1.165, 1.54) is 0 Å². The molecule has 2 aromatic rings. The van der Waals surface area contributed by atoms with Gasteiger partial charge in [0.2, 0.25) is 0 Å². The first-order valence-electron chi connectivity index (χ1n) is 6.26. The third-order valence-electron chi connectivity index (χ3n) is 2.00. The molecular formula is C14H18N4O4. The third-order valence-corrected chi connectivity index (χ3v) is 2.00. The minimum atomic E-state index is -1.37. The fraction of sp³-hybridized carbons (Fsp3) is 0.143. The van der Waals surface area contributed by atoms with E-state index in [1.54, 1.807) is 24.5 Å². The number of nitrogens with two attached hydrogens (primary N) is 2. The summed E-state index contributed by atoms with van der Waals surface area (Å²) in [6.45, 7) is 0. The molecule has 0 unspecified atom stereocenters. The van der Waals surface area contributed by atoms with Crippen LogP contribution in [0.5, 0.6) is 0 Å². The monoisotopic (exact) mass is 306 g/mol. The van der Waals surface area contributed by atoms with Gasteiger partial charge >= 0.3 is 0 Å². The molecule has 0 aliphatic rings. The van der Waals surface area contributed by atoms with E-state index in [9.17, 15) is 19.8 Å². The number of hydrogen-bond acceptors (Lipinski definition) is 6. The molecule has 22 heavy (non-hydrogen) atoms. The first-order chi connectivity index (χ1) is 10.4. The van der Waals surface area contributed by atoms with Crippen molar-refractivity contribution < 1.29 is 29.8 Å². The maximum atomic E-state index is 9.50. The van der Waals surface area contributed by atoms with Crippen molar-refractivity contribution >= 4 is 23.6 Å². The van der Waals surface area contributed by atoms with E-state index < -0.39 is 24.8 Å². The molecule has 0 bridgehead atoms. The van der Waals surface area contributed by atoms with Crippen molar-refractivity contribution in [3.05, 3.63) is 48.8 Å². The number of nitrogen functional groups attached to an aromatic ring is 2. The van der Waals surface area contributed by atoms with Crippen molar-refractivity contribution in [1.82, 2.24) is 0 Å². The summed E-state index contributed by atoms with van der Waals surface area (Å²) >= 11 is 0. The highest BCUT2D eigenvalue weighted by Gasteiger charge is 1.85. The van der Waals surface area contributed by atoms with Gasteiger partial charge < -0.3 is 19.8 Å². The molecule has 0 aromatic carbocycles. The molecule has 8 heteroatoms. The number of rotatable bonds is 3. The molecule has 0 atom stereocenters. The lowest BCUT2D eigenvalue weighted by molar-refractivity contribution is -0.360. The molecule has 0 amide bonds. The van der Waals surface area contributed by atoms with Gasteiger partial charge in [0, 0.05) is 24.1 Å². The SMILES string of the molecule is Nc1cccc[nH+]1.Nc1cccc[nH+]1.O=C([O-])CCC(=O)[O-]. The summed E-state index contributed by atoms with van der Waals surface area (Å²) in [7, 11) is 0. The van der Waals surface area contributed by atoms with Crippen molar-refractivity contribution in [1.29, 1.82) is 0 Å². The van der Waals surface area contributed by atoms with E-state index in [1.807, 2.05) is 24.3 Å². The molecule has 0 saturated heterocycles. The summed E-state index contributed by atoms with van der Waals surface area (Å²) < 4.78 is 0. The number of carboxylic acids is 2. The number of hydrogen-bond donors (Lipinski definition) is 2. The van der Waals surface area contributed by atoms with Crippen LogP contribution in [0.3, 0.4) is 0 Å². The Morgan fingerprint density at radius 3 is 1.32 bits per heavy atom. The maximum absolute atomic E-state index is 9.50. The van der Waals surface area contributed by atoms with Gasteiger partial charge in [-0.3, -0.25) is 11.5 Å². The van der Waals surface area contributed by atoms with E-state index in [4.69, 9.17) is 11.5 Å². The Balaban J connectivity index is 0.000000301. The van der Waals surface area contributed by atoms with Crippen molar-refractivity contribution in [3.63, 3.8) is 0 Å². The van der Waals surface area contributed by atoms with Gasteiger partial charge in [0.05, 0.1) is 12.4 Å². The molecule has 0 spiro atoms. The van der Waals surface area contributed by atoms with Gasteiger partial charge in [-0.2, -0.15) is 0 Å². The molecule has 0 radical (unpaired) electrons. The topological polar surface area (TPSA) is 161 Å². The Hall–Kier alpha value is -3.16. The number of carbonyl (C=O) groups excluding carboxylic acids is 2. The number of pyridine rings is 2. The van der Waals surface area contributed by atoms with Crippen LogP contribution in [0.4, 0.5) is 11.6 Å². The molecule has 0 aliphatic carbocycles. The van der Waals surface area contributed by atoms with Gasteiger partial charge in [-0.15, -0.1) is 0 Å². The molecule has 0 aliphatic heterocycles. The average molecular weight is 306 g/mol. The smallest absolute Gasteiger partial charge is 0.269 e. The molecule has 2 aromatic heterocycles. The van der Waals surface area contributed by atoms with Crippen LogP contribution in [0.1, 0.15) is 12.8 Å². The van der Waals surface area contributed by atoms with Crippen LogP contribution < -0.4 is 31.6 Å². The highest BCUT2D eigenvalue weighted by molar-refractivity contribution is 5.72. The Morgan fingerprint density at radius 2 is 1.18 bits per heavy atom. The van der Waals surface area contributed by atoms with Gasteiger partial charge in [0.1, 0.15) is 0 Å². The lowest BCUT2D eigenvalue weighted by Gasteiger charge is -2.00. The second kappa shape index (κ2) is 11.6. The summed E-state index contributed by atoms with van der Waals surface area (Å²) in [6, 6.07) is 11.1. The van der Waals surface area contributed by atoms with Crippen LogP contribution in [0.2, 0.25) is 0 Å². The number of carbonyl (C=O) groups is 2. The van der Waals surface area contributed by atoms with Gasteiger partial charge in [-0.1, -0.05) is 12.1 Å². The summed E-state index contributed by atoms with van der Waals surface area (Å²) in [4.78, 5) is 24.6. The van der Waals surface area contributed by atoms with Gasteiger partial charge in [-0.05, 0) is 25.0 Å². The fourth-order valence-corrected chi connectivity index (χ4v) is 1.02. The second-order valence-corrected chi connectivity index (χ2v) is 3.88. The van der Waals surface area contributed by atoms with Crippen LogP contribution in [-0.4, -0.2) is 11.9 Å². The van der Waals surface area contributed by atoms with Crippen LogP contribution in [0.15, 0.2) is 48.8 Å². The zero-order valence-corrected chi connectivity index (χ0v) is 11.8.